The molecule has 0 spiro atoms. The van der Waals surface area contributed by atoms with Gasteiger partial charge in [-0.3, -0.25) is 9.59 Å². The van der Waals surface area contributed by atoms with E-state index in [0.29, 0.717) is 12.5 Å². The zero-order chi connectivity index (χ0) is 12.8. The van der Waals surface area contributed by atoms with Gasteiger partial charge in [-0.25, -0.2) is 0 Å². The molecule has 4 N–H and O–H groups in total. The van der Waals surface area contributed by atoms with Crippen molar-refractivity contribution in [3.05, 3.63) is 0 Å². The maximum atomic E-state index is 11.6. The van der Waals surface area contributed by atoms with Gasteiger partial charge in [0.1, 0.15) is 6.04 Å². The third-order valence-corrected chi connectivity index (χ3v) is 3.29. The molecule has 1 rings (SSSR count). The highest BCUT2D eigenvalue weighted by Crippen LogP contribution is 2.18. The summed E-state index contributed by atoms with van der Waals surface area (Å²) in [6, 6.07) is -0.728. The van der Waals surface area contributed by atoms with Crippen LogP contribution >= 0.6 is 11.8 Å². The van der Waals surface area contributed by atoms with E-state index in [2.05, 4.69) is 10.6 Å². The molecule has 1 aliphatic carbocycles. The second kappa shape index (κ2) is 6.86. The van der Waals surface area contributed by atoms with Crippen molar-refractivity contribution in [1.29, 1.82) is 0 Å². The minimum absolute atomic E-state index is 0.127. The van der Waals surface area contributed by atoms with Crippen molar-refractivity contribution in [3.8, 4) is 0 Å². The van der Waals surface area contributed by atoms with Gasteiger partial charge in [0.2, 0.25) is 11.8 Å². The maximum absolute atomic E-state index is 11.6. The molecule has 1 saturated carbocycles. The van der Waals surface area contributed by atoms with Gasteiger partial charge in [0.05, 0.1) is 6.04 Å². The Bertz CT molecular complexity index is 282. The maximum Gasteiger partial charge on any atom is 0.242 e. The molecule has 98 valence electrons. The van der Waals surface area contributed by atoms with Crippen LogP contribution in [0.1, 0.15) is 26.2 Å². The number of hydrogen-bond acceptors (Lipinski definition) is 4. The standard InChI is InChI=1S/C11H21N3O2S/c1-7(10(15)14-8-3-4-8)13-11(16)9(12)5-6-17-2/h7-9H,3-6,12H2,1-2H3,(H,13,16)(H,14,15)/t7?,9-/m0/s1. The molecule has 0 aromatic carbocycles. The lowest BCUT2D eigenvalue weighted by Gasteiger charge is -2.17. The Morgan fingerprint density at radius 3 is 2.59 bits per heavy atom. The minimum atomic E-state index is -0.529. The lowest BCUT2D eigenvalue weighted by Crippen LogP contribution is -2.50. The summed E-state index contributed by atoms with van der Waals surface area (Å²) in [7, 11) is 0. The molecule has 0 aliphatic heterocycles. The van der Waals surface area contributed by atoms with Crippen molar-refractivity contribution in [2.45, 2.75) is 44.3 Å². The van der Waals surface area contributed by atoms with E-state index in [-0.39, 0.29) is 11.8 Å². The van der Waals surface area contributed by atoms with Crippen LogP contribution in [0.3, 0.4) is 0 Å². The van der Waals surface area contributed by atoms with Gasteiger partial charge in [0.25, 0.3) is 0 Å². The van der Waals surface area contributed by atoms with Crippen molar-refractivity contribution >= 4 is 23.6 Å². The van der Waals surface area contributed by atoms with E-state index in [1.54, 1.807) is 18.7 Å². The molecular formula is C11H21N3O2S. The number of nitrogens with two attached hydrogens (primary N) is 1. The molecule has 0 aromatic heterocycles. The molecule has 0 bridgehead atoms. The van der Waals surface area contributed by atoms with Gasteiger partial charge in [-0.1, -0.05) is 0 Å². The number of thioether (sulfide) groups is 1. The quantitative estimate of drug-likeness (QED) is 0.594. The number of carbonyl (C=O) groups is 2. The van der Waals surface area contributed by atoms with E-state index in [1.807, 2.05) is 6.26 Å². The summed E-state index contributed by atoms with van der Waals surface area (Å²) in [5.74, 6) is 0.465. The van der Waals surface area contributed by atoms with Crippen LogP contribution in [-0.2, 0) is 9.59 Å². The normalized spacial score (nSPS) is 18.3. The first kappa shape index (κ1) is 14.3. The smallest absolute Gasteiger partial charge is 0.242 e. The van der Waals surface area contributed by atoms with Crippen LogP contribution in [0.5, 0.6) is 0 Å². The van der Waals surface area contributed by atoms with Crippen LogP contribution in [0.25, 0.3) is 0 Å². The van der Waals surface area contributed by atoms with Crippen LogP contribution in [-0.4, -0.2) is 41.9 Å². The van der Waals surface area contributed by atoms with Crippen LogP contribution in [0, 0.1) is 0 Å². The van der Waals surface area contributed by atoms with Crippen LogP contribution in [0.15, 0.2) is 0 Å². The van der Waals surface area contributed by atoms with E-state index < -0.39 is 12.1 Å². The Morgan fingerprint density at radius 2 is 2.06 bits per heavy atom. The molecule has 0 aromatic rings. The highest BCUT2D eigenvalue weighted by atomic mass is 32.2. The van der Waals surface area contributed by atoms with Crippen LogP contribution in [0.4, 0.5) is 0 Å². The number of hydrogen-bond donors (Lipinski definition) is 3. The first-order valence-corrected chi connectivity index (χ1v) is 7.29. The Balaban J connectivity index is 2.25. The first-order chi connectivity index (χ1) is 8.04. The zero-order valence-corrected chi connectivity index (χ0v) is 11.2. The fourth-order valence-electron chi connectivity index (χ4n) is 1.32. The lowest BCUT2D eigenvalue weighted by atomic mass is 10.2. The van der Waals surface area contributed by atoms with E-state index >= 15 is 0 Å². The second-order valence-electron chi connectivity index (χ2n) is 4.40. The second-order valence-corrected chi connectivity index (χ2v) is 5.39. The van der Waals surface area contributed by atoms with Crippen molar-refractivity contribution in [2.24, 2.45) is 5.73 Å². The number of rotatable bonds is 7. The molecule has 2 amide bonds. The summed E-state index contributed by atoms with van der Waals surface area (Å²) < 4.78 is 0. The summed E-state index contributed by atoms with van der Waals surface area (Å²) in [4.78, 5) is 23.2. The van der Waals surface area contributed by atoms with Gasteiger partial charge in [0.15, 0.2) is 0 Å². The molecule has 1 aliphatic rings. The molecular weight excluding hydrogens is 238 g/mol. The van der Waals surface area contributed by atoms with E-state index in [0.717, 1.165) is 18.6 Å². The minimum Gasteiger partial charge on any atom is -0.352 e. The Morgan fingerprint density at radius 1 is 1.41 bits per heavy atom. The van der Waals surface area contributed by atoms with Crippen LogP contribution < -0.4 is 16.4 Å². The van der Waals surface area contributed by atoms with Gasteiger partial charge in [-0.05, 0) is 38.2 Å². The predicted molar refractivity (Wildman–Crippen MR) is 69.7 cm³/mol. The Labute approximate surface area is 106 Å². The van der Waals surface area contributed by atoms with Crippen molar-refractivity contribution in [1.82, 2.24) is 10.6 Å². The fraction of sp³-hybridized carbons (Fsp3) is 0.818. The van der Waals surface area contributed by atoms with Crippen molar-refractivity contribution < 1.29 is 9.59 Å². The lowest BCUT2D eigenvalue weighted by molar-refractivity contribution is -0.129. The Kier molecular flexibility index (Phi) is 5.77. The topological polar surface area (TPSA) is 84.2 Å². The van der Waals surface area contributed by atoms with Crippen molar-refractivity contribution in [3.63, 3.8) is 0 Å². The monoisotopic (exact) mass is 259 g/mol. The highest BCUT2D eigenvalue weighted by molar-refractivity contribution is 7.98. The largest absolute Gasteiger partial charge is 0.352 e. The third kappa shape index (κ3) is 5.41. The number of amides is 2. The highest BCUT2D eigenvalue weighted by Gasteiger charge is 2.26. The van der Waals surface area contributed by atoms with Crippen LogP contribution in [0.2, 0.25) is 0 Å². The molecule has 0 radical (unpaired) electrons. The SMILES string of the molecule is CSCC[C@H](N)C(=O)NC(C)C(=O)NC1CC1. The molecule has 2 atom stereocenters. The summed E-state index contributed by atoms with van der Waals surface area (Å²) >= 11 is 1.65. The summed E-state index contributed by atoms with van der Waals surface area (Å²) in [6.07, 6.45) is 4.68. The summed E-state index contributed by atoms with van der Waals surface area (Å²) in [5, 5.41) is 5.48. The predicted octanol–water partition coefficient (Wildman–Crippen LogP) is -0.150. The molecule has 5 nitrogen and oxygen atoms in total. The fourth-order valence-corrected chi connectivity index (χ4v) is 1.81. The van der Waals surface area contributed by atoms with Gasteiger partial charge in [0, 0.05) is 6.04 Å². The van der Waals surface area contributed by atoms with E-state index in [4.69, 9.17) is 5.73 Å². The first-order valence-electron chi connectivity index (χ1n) is 5.90. The molecule has 1 unspecified atom stereocenters. The average Bonchev–Trinajstić information content (AvgIpc) is 3.09. The molecule has 0 saturated heterocycles. The molecule has 17 heavy (non-hydrogen) atoms. The molecule has 6 heteroatoms. The average molecular weight is 259 g/mol. The van der Waals surface area contributed by atoms with Gasteiger partial charge in [-0.2, -0.15) is 11.8 Å². The van der Waals surface area contributed by atoms with E-state index in [9.17, 15) is 9.59 Å². The van der Waals surface area contributed by atoms with Gasteiger partial charge >= 0.3 is 0 Å². The third-order valence-electron chi connectivity index (χ3n) is 2.65. The zero-order valence-electron chi connectivity index (χ0n) is 10.4. The summed E-state index contributed by atoms with van der Waals surface area (Å²) in [6.45, 7) is 1.68. The number of carbonyl (C=O) groups excluding carboxylic acids is 2. The van der Waals surface area contributed by atoms with E-state index in [1.165, 1.54) is 0 Å². The molecule has 1 fully saturated rings. The molecule has 0 heterocycles. The number of nitrogens with one attached hydrogen (secondary N) is 2. The van der Waals surface area contributed by atoms with Crippen molar-refractivity contribution in [2.75, 3.05) is 12.0 Å². The summed E-state index contributed by atoms with van der Waals surface area (Å²) in [5.41, 5.74) is 5.71. The Hall–Kier alpha value is -0.750. The van der Waals surface area contributed by atoms with Gasteiger partial charge < -0.3 is 16.4 Å². The van der Waals surface area contributed by atoms with Gasteiger partial charge in [-0.15, -0.1) is 0 Å².